The van der Waals surface area contributed by atoms with E-state index in [-0.39, 0.29) is 10.9 Å². The number of aryl methyl sites for hydroxylation is 1. The summed E-state index contributed by atoms with van der Waals surface area (Å²) < 4.78 is 40.8. The van der Waals surface area contributed by atoms with Crippen molar-refractivity contribution in [2.75, 3.05) is 0 Å². The molecular weight excluding hydrogens is 333 g/mol. The van der Waals surface area contributed by atoms with Gasteiger partial charge in [0.05, 0.1) is 16.9 Å². The SMILES string of the molecule is Cc1nn(-c2ccc(CBr)c(C(F)(F)F)c2)c(C)c1C. The Kier molecular flexibility index (Phi) is 3.95. The van der Waals surface area contributed by atoms with Crippen LogP contribution in [0.4, 0.5) is 13.2 Å². The van der Waals surface area contributed by atoms with Crippen molar-refractivity contribution < 1.29 is 13.2 Å². The maximum Gasteiger partial charge on any atom is 0.416 e. The summed E-state index contributed by atoms with van der Waals surface area (Å²) in [4.78, 5) is 0. The minimum Gasteiger partial charge on any atom is -0.238 e. The van der Waals surface area contributed by atoms with Crippen molar-refractivity contribution in [2.24, 2.45) is 0 Å². The van der Waals surface area contributed by atoms with E-state index in [4.69, 9.17) is 0 Å². The van der Waals surface area contributed by atoms with E-state index in [1.807, 2.05) is 20.8 Å². The van der Waals surface area contributed by atoms with Gasteiger partial charge in [-0.25, -0.2) is 4.68 Å². The molecule has 0 aliphatic carbocycles. The van der Waals surface area contributed by atoms with Gasteiger partial charge in [0, 0.05) is 11.0 Å². The summed E-state index contributed by atoms with van der Waals surface area (Å²) in [6.45, 7) is 5.60. The summed E-state index contributed by atoms with van der Waals surface area (Å²) in [5.74, 6) is 0. The lowest BCUT2D eigenvalue weighted by Crippen LogP contribution is -2.10. The van der Waals surface area contributed by atoms with Crippen molar-refractivity contribution in [1.82, 2.24) is 9.78 Å². The summed E-state index contributed by atoms with van der Waals surface area (Å²) in [5, 5.41) is 4.46. The molecule has 0 spiro atoms. The van der Waals surface area contributed by atoms with E-state index in [0.29, 0.717) is 5.69 Å². The highest BCUT2D eigenvalue weighted by Gasteiger charge is 2.33. The van der Waals surface area contributed by atoms with Crippen LogP contribution >= 0.6 is 15.9 Å². The lowest BCUT2D eigenvalue weighted by Gasteiger charge is -2.14. The first-order valence-corrected chi connectivity index (χ1v) is 7.17. The van der Waals surface area contributed by atoms with Crippen LogP contribution in [0.2, 0.25) is 0 Å². The Morgan fingerprint density at radius 1 is 1.20 bits per heavy atom. The molecule has 108 valence electrons. The molecular formula is C14H14BrF3N2. The third kappa shape index (κ3) is 2.61. The molecule has 20 heavy (non-hydrogen) atoms. The first kappa shape index (κ1) is 15.1. The molecule has 0 saturated heterocycles. The van der Waals surface area contributed by atoms with E-state index in [1.165, 1.54) is 6.07 Å². The summed E-state index contributed by atoms with van der Waals surface area (Å²) >= 11 is 3.09. The zero-order valence-electron chi connectivity index (χ0n) is 11.3. The number of hydrogen-bond donors (Lipinski definition) is 0. The average molecular weight is 347 g/mol. The van der Waals surface area contributed by atoms with Gasteiger partial charge in [0.1, 0.15) is 0 Å². The van der Waals surface area contributed by atoms with Gasteiger partial charge in [-0.3, -0.25) is 0 Å². The van der Waals surface area contributed by atoms with Crippen LogP contribution in [0, 0.1) is 20.8 Å². The molecule has 0 radical (unpaired) electrons. The number of nitrogens with zero attached hydrogens (tertiary/aromatic N) is 2. The van der Waals surface area contributed by atoms with Crippen molar-refractivity contribution in [3.05, 3.63) is 46.3 Å². The highest BCUT2D eigenvalue weighted by Crippen LogP contribution is 2.34. The first-order chi connectivity index (χ1) is 9.25. The third-order valence-corrected chi connectivity index (χ3v) is 4.04. The largest absolute Gasteiger partial charge is 0.416 e. The molecule has 2 nitrogen and oxygen atoms in total. The molecule has 0 aliphatic rings. The number of benzene rings is 1. The Hall–Kier alpha value is -1.30. The lowest BCUT2D eigenvalue weighted by atomic mass is 10.1. The molecule has 0 saturated carbocycles. The number of rotatable bonds is 2. The van der Waals surface area contributed by atoms with Gasteiger partial charge < -0.3 is 0 Å². The van der Waals surface area contributed by atoms with Crippen LogP contribution in [-0.4, -0.2) is 9.78 Å². The van der Waals surface area contributed by atoms with Crippen LogP contribution < -0.4 is 0 Å². The quantitative estimate of drug-likeness (QED) is 0.720. The smallest absolute Gasteiger partial charge is 0.238 e. The number of aromatic nitrogens is 2. The van der Waals surface area contributed by atoms with Crippen molar-refractivity contribution in [1.29, 1.82) is 0 Å². The van der Waals surface area contributed by atoms with E-state index in [0.717, 1.165) is 23.0 Å². The van der Waals surface area contributed by atoms with Gasteiger partial charge in [-0.1, -0.05) is 22.0 Å². The molecule has 1 aromatic heterocycles. The Labute approximate surface area is 123 Å². The number of halogens is 4. The predicted octanol–water partition coefficient (Wildman–Crippen LogP) is 4.71. The van der Waals surface area contributed by atoms with Crippen LogP contribution in [-0.2, 0) is 11.5 Å². The Bertz CT molecular complexity index is 645. The maximum atomic E-state index is 13.1. The Balaban J connectivity index is 2.62. The molecule has 0 fully saturated rings. The molecule has 0 N–H and O–H groups in total. The van der Waals surface area contributed by atoms with Gasteiger partial charge in [0.25, 0.3) is 0 Å². The zero-order chi connectivity index (χ0) is 15.1. The van der Waals surface area contributed by atoms with Crippen LogP contribution in [0.25, 0.3) is 5.69 Å². The fourth-order valence-electron chi connectivity index (χ4n) is 2.05. The van der Waals surface area contributed by atoms with E-state index < -0.39 is 11.7 Å². The normalized spacial score (nSPS) is 11.9. The summed E-state index contributed by atoms with van der Waals surface area (Å²) in [6, 6.07) is 4.29. The Morgan fingerprint density at radius 3 is 2.30 bits per heavy atom. The summed E-state index contributed by atoms with van der Waals surface area (Å²) in [5.41, 5.74) is 2.68. The molecule has 6 heteroatoms. The minimum absolute atomic E-state index is 0.165. The molecule has 1 heterocycles. The van der Waals surface area contributed by atoms with Crippen molar-refractivity contribution in [2.45, 2.75) is 32.3 Å². The molecule has 0 atom stereocenters. The van der Waals surface area contributed by atoms with Gasteiger partial charge in [0.2, 0.25) is 0 Å². The first-order valence-electron chi connectivity index (χ1n) is 6.05. The van der Waals surface area contributed by atoms with Gasteiger partial charge in [0.15, 0.2) is 0 Å². The van der Waals surface area contributed by atoms with Crippen LogP contribution in [0.15, 0.2) is 18.2 Å². The molecule has 2 rings (SSSR count). The van der Waals surface area contributed by atoms with E-state index in [9.17, 15) is 13.2 Å². The van der Waals surface area contributed by atoms with E-state index in [2.05, 4.69) is 21.0 Å². The predicted molar refractivity (Wildman–Crippen MR) is 75.4 cm³/mol. The second kappa shape index (κ2) is 5.24. The maximum absolute atomic E-state index is 13.1. The van der Waals surface area contributed by atoms with Crippen molar-refractivity contribution >= 4 is 15.9 Å². The average Bonchev–Trinajstić information content (AvgIpc) is 2.65. The van der Waals surface area contributed by atoms with Gasteiger partial charge >= 0.3 is 6.18 Å². The van der Waals surface area contributed by atoms with Crippen LogP contribution in [0.1, 0.15) is 28.1 Å². The molecule has 2 aromatic rings. The van der Waals surface area contributed by atoms with E-state index >= 15 is 0 Å². The molecule has 0 amide bonds. The summed E-state index contributed by atoms with van der Waals surface area (Å²) in [6.07, 6.45) is -4.37. The lowest BCUT2D eigenvalue weighted by molar-refractivity contribution is -0.138. The zero-order valence-corrected chi connectivity index (χ0v) is 12.9. The highest BCUT2D eigenvalue weighted by atomic mass is 79.9. The van der Waals surface area contributed by atoms with Crippen LogP contribution in [0.3, 0.4) is 0 Å². The number of alkyl halides is 4. The van der Waals surface area contributed by atoms with Crippen molar-refractivity contribution in [3.8, 4) is 5.69 Å². The molecule has 0 aliphatic heterocycles. The highest BCUT2D eigenvalue weighted by molar-refractivity contribution is 9.08. The van der Waals surface area contributed by atoms with Crippen molar-refractivity contribution in [3.63, 3.8) is 0 Å². The number of hydrogen-bond acceptors (Lipinski definition) is 1. The second-order valence-corrected chi connectivity index (χ2v) is 5.24. The standard InChI is InChI=1S/C14H14BrF3N2/c1-8-9(2)19-20(10(8)3)12-5-4-11(7-15)13(6-12)14(16,17)18/h4-6H,7H2,1-3H3. The Morgan fingerprint density at radius 2 is 1.85 bits per heavy atom. The third-order valence-electron chi connectivity index (χ3n) is 3.44. The monoisotopic (exact) mass is 346 g/mol. The fraction of sp³-hybridized carbons (Fsp3) is 0.357. The minimum atomic E-state index is -4.37. The molecule has 0 bridgehead atoms. The van der Waals surface area contributed by atoms with E-state index in [1.54, 1.807) is 10.7 Å². The van der Waals surface area contributed by atoms with Crippen LogP contribution in [0.5, 0.6) is 0 Å². The van der Waals surface area contributed by atoms with Gasteiger partial charge in [-0.05, 0) is 44.0 Å². The topological polar surface area (TPSA) is 17.8 Å². The summed E-state index contributed by atoms with van der Waals surface area (Å²) in [7, 11) is 0. The second-order valence-electron chi connectivity index (χ2n) is 4.68. The van der Waals surface area contributed by atoms with Gasteiger partial charge in [-0.15, -0.1) is 0 Å². The molecule has 0 unspecified atom stereocenters. The van der Waals surface area contributed by atoms with Gasteiger partial charge in [-0.2, -0.15) is 18.3 Å². The fourth-order valence-corrected chi connectivity index (χ4v) is 2.54. The molecule has 1 aromatic carbocycles.